The normalized spacial score (nSPS) is 13.0. The molecule has 1 aromatic heterocycles. The van der Waals surface area contributed by atoms with Gasteiger partial charge in [-0.3, -0.25) is 4.79 Å². The fourth-order valence-electron chi connectivity index (χ4n) is 5.19. The van der Waals surface area contributed by atoms with Crippen LogP contribution in [0.15, 0.2) is 102 Å². The summed E-state index contributed by atoms with van der Waals surface area (Å²) in [6, 6.07) is 33.1. The third kappa shape index (κ3) is 5.47. The van der Waals surface area contributed by atoms with Gasteiger partial charge in [-0.1, -0.05) is 90.1 Å². The molecular formula is C35H33N3O2. The van der Waals surface area contributed by atoms with E-state index < -0.39 is 0 Å². The second kappa shape index (κ2) is 10.9. The van der Waals surface area contributed by atoms with Crippen molar-refractivity contribution in [2.24, 2.45) is 0 Å². The van der Waals surface area contributed by atoms with Gasteiger partial charge in [0.2, 0.25) is 0 Å². The molecular weight excluding hydrogens is 494 g/mol. The van der Waals surface area contributed by atoms with Gasteiger partial charge in [0.25, 0.3) is 5.91 Å². The van der Waals surface area contributed by atoms with Crippen molar-refractivity contribution in [3.8, 4) is 33.6 Å². The van der Waals surface area contributed by atoms with Gasteiger partial charge in [-0.2, -0.15) is 0 Å². The molecule has 4 aromatic carbocycles. The third-order valence-electron chi connectivity index (χ3n) is 7.48. The number of anilines is 1. The van der Waals surface area contributed by atoms with Crippen LogP contribution in [0.1, 0.15) is 45.9 Å². The third-order valence-corrected chi connectivity index (χ3v) is 7.48. The Morgan fingerprint density at radius 3 is 2.23 bits per heavy atom. The summed E-state index contributed by atoms with van der Waals surface area (Å²) in [6.07, 6.45) is 2.61. The monoisotopic (exact) mass is 527 g/mol. The summed E-state index contributed by atoms with van der Waals surface area (Å²) in [5.41, 5.74) is 9.76. The van der Waals surface area contributed by atoms with Crippen LogP contribution in [-0.2, 0) is 6.54 Å². The molecule has 6 rings (SSSR count). The van der Waals surface area contributed by atoms with Crippen LogP contribution in [0.5, 0.6) is 0 Å². The summed E-state index contributed by atoms with van der Waals surface area (Å²) in [6.45, 7) is 2.66. The number of carbonyl (C=O) groups excluding carboxylic acids is 1. The maximum Gasteiger partial charge on any atom is 0.255 e. The number of nitrogens with zero attached hydrogens (tertiary/aromatic N) is 2. The standard InChI is InChI=1S/C35H33N3O2/c1-23-33(36-35(39)30-9-6-8-29(21-30)32-10-5-4-7-31(32)22-38(2)3)34(40-37-23)28-19-17-27(18-20-28)26-15-13-25(14-16-26)24-11-12-24/h4-10,13-21,24H,11-12,22H2,1-3H3,(H,36,39). The van der Waals surface area contributed by atoms with E-state index in [9.17, 15) is 4.79 Å². The molecule has 5 aromatic rings. The zero-order valence-electron chi connectivity index (χ0n) is 23.1. The van der Waals surface area contributed by atoms with Crippen LogP contribution < -0.4 is 5.32 Å². The lowest BCUT2D eigenvalue weighted by molar-refractivity contribution is 0.102. The maximum absolute atomic E-state index is 13.4. The molecule has 5 nitrogen and oxygen atoms in total. The van der Waals surface area contributed by atoms with Crippen LogP contribution in [0.25, 0.3) is 33.6 Å². The fraction of sp³-hybridized carbons (Fsp3) is 0.200. The Kier molecular flexibility index (Phi) is 7.06. The quantitative estimate of drug-likeness (QED) is 0.221. The first-order valence-corrected chi connectivity index (χ1v) is 13.8. The lowest BCUT2D eigenvalue weighted by Crippen LogP contribution is -2.13. The van der Waals surface area contributed by atoms with Crippen molar-refractivity contribution in [1.82, 2.24) is 10.1 Å². The molecule has 0 radical (unpaired) electrons. The highest BCUT2D eigenvalue weighted by molar-refractivity contribution is 6.06. The van der Waals surface area contributed by atoms with Crippen molar-refractivity contribution in [1.29, 1.82) is 0 Å². The van der Waals surface area contributed by atoms with Crippen LogP contribution in [0.2, 0.25) is 0 Å². The molecule has 200 valence electrons. The lowest BCUT2D eigenvalue weighted by atomic mass is 9.97. The molecule has 1 saturated carbocycles. The Labute approximate surface area is 235 Å². The first-order chi connectivity index (χ1) is 19.5. The molecule has 1 aliphatic rings. The molecule has 1 fully saturated rings. The van der Waals surface area contributed by atoms with Crippen molar-refractivity contribution in [3.63, 3.8) is 0 Å². The number of aromatic nitrogens is 1. The summed E-state index contributed by atoms with van der Waals surface area (Å²) >= 11 is 0. The van der Waals surface area contributed by atoms with Crippen molar-refractivity contribution >= 4 is 11.6 Å². The fourth-order valence-corrected chi connectivity index (χ4v) is 5.19. The van der Waals surface area contributed by atoms with Crippen LogP contribution in [0.3, 0.4) is 0 Å². The molecule has 1 heterocycles. The largest absolute Gasteiger partial charge is 0.354 e. The average Bonchev–Trinajstić information content (AvgIpc) is 3.77. The Morgan fingerprint density at radius 1 is 0.850 bits per heavy atom. The molecule has 0 aliphatic heterocycles. The minimum atomic E-state index is -0.202. The number of hydrogen-bond acceptors (Lipinski definition) is 4. The number of hydrogen-bond donors (Lipinski definition) is 1. The van der Waals surface area contributed by atoms with Crippen molar-refractivity contribution in [2.75, 3.05) is 19.4 Å². The molecule has 40 heavy (non-hydrogen) atoms. The topological polar surface area (TPSA) is 58.4 Å². The first-order valence-electron chi connectivity index (χ1n) is 13.8. The second-order valence-electron chi connectivity index (χ2n) is 10.9. The molecule has 0 bridgehead atoms. The van der Waals surface area contributed by atoms with E-state index in [0.29, 0.717) is 22.7 Å². The van der Waals surface area contributed by atoms with E-state index in [1.54, 1.807) is 0 Å². The molecule has 1 amide bonds. The van der Waals surface area contributed by atoms with Gasteiger partial charge in [-0.25, -0.2) is 0 Å². The van der Waals surface area contributed by atoms with Gasteiger partial charge in [-0.15, -0.1) is 0 Å². The second-order valence-corrected chi connectivity index (χ2v) is 10.9. The van der Waals surface area contributed by atoms with E-state index in [4.69, 9.17) is 4.52 Å². The summed E-state index contributed by atoms with van der Waals surface area (Å²) in [5.74, 6) is 1.10. The molecule has 0 saturated heterocycles. The minimum absolute atomic E-state index is 0.202. The summed E-state index contributed by atoms with van der Waals surface area (Å²) < 4.78 is 5.69. The van der Waals surface area contributed by atoms with Gasteiger partial charge in [0.15, 0.2) is 5.76 Å². The van der Waals surface area contributed by atoms with Crippen LogP contribution in [-0.4, -0.2) is 30.1 Å². The number of nitrogens with one attached hydrogen (secondary N) is 1. The van der Waals surface area contributed by atoms with Gasteiger partial charge in [0.1, 0.15) is 11.4 Å². The Hall–Kier alpha value is -4.48. The van der Waals surface area contributed by atoms with E-state index in [1.807, 2.05) is 55.5 Å². The molecule has 1 N–H and O–H groups in total. The average molecular weight is 528 g/mol. The van der Waals surface area contributed by atoms with E-state index in [2.05, 4.69) is 78.0 Å². The van der Waals surface area contributed by atoms with Crippen LogP contribution >= 0.6 is 0 Å². The first kappa shape index (κ1) is 25.8. The van der Waals surface area contributed by atoms with Crippen LogP contribution in [0.4, 0.5) is 5.69 Å². The van der Waals surface area contributed by atoms with Gasteiger partial charge in [0.05, 0.1) is 0 Å². The van der Waals surface area contributed by atoms with E-state index >= 15 is 0 Å². The Bertz CT molecular complexity index is 1650. The SMILES string of the molecule is Cc1noc(-c2ccc(-c3ccc(C4CC4)cc3)cc2)c1NC(=O)c1cccc(-c2ccccc2CN(C)C)c1. The molecule has 0 atom stereocenters. The molecule has 0 spiro atoms. The Morgan fingerprint density at radius 2 is 1.52 bits per heavy atom. The number of rotatable bonds is 8. The van der Waals surface area contributed by atoms with Gasteiger partial charge < -0.3 is 14.7 Å². The van der Waals surface area contributed by atoms with E-state index in [1.165, 1.54) is 29.5 Å². The Balaban J connectivity index is 1.22. The van der Waals surface area contributed by atoms with E-state index in [0.717, 1.165) is 34.7 Å². The summed E-state index contributed by atoms with van der Waals surface area (Å²) in [5, 5.41) is 7.23. The highest BCUT2D eigenvalue weighted by atomic mass is 16.5. The van der Waals surface area contributed by atoms with Gasteiger partial charge >= 0.3 is 0 Å². The summed E-state index contributed by atoms with van der Waals surface area (Å²) in [4.78, 5) is 15.6. The number of benzene rings is 4. The highest BCUT2D eigenvalue weighted by Crippen LogP contribution is 2.40. The maximum atomic E-state index is 13.4. The molecule has 0 unspecified atom stereocenters. The number of carbonyl (C=O) groups is 1. The smallest absolute Gasteiger partial charge is 0.255 e. The zero-order valence-corrected chi connectivity index (χ0v) is 23.1. The minimum Gasteiger partial charge on any atom is -0.354 e. The summed E-state index contributed by atoms with van der Waals surface area (Å²) in [7, 11) is 4.11. The predicted octanol–water partition coefficient (Wildman–Crippen LogP) is 8.18. The van der Waals surface area contributed by atoms with Crippen molar-refractivity contribution in [2.45, 2.75) is 32.2 Å². The predicted molar refractivity (Wildman–Crippen MR) is 161 cm³/mol. The number of aryl methyl sites for hydroxylation is 1. The van der Waals surface area contributed by atoms with Crippen molar-refractivity contribution in [3.05, 3.63) is 119 Å². The zero-order chi connectivity index (χ0) is 27.6. The van der Waals surface area contributed by atoms with E-state index in [-0.39, 0.29) is 5.91 Å². The van der Waals surface area contributed by atoms with Crippen molar-refractivity contribution < 1.29 is 9.32 Å². The van der Waals surface area contributed by atoms with Gasteiger partial charge in [-0.05, 0) is 85.3 Å². The number of amides is 1. The van der Waals surface area contributed by atoms with Crippen LogP contribution in [0, 0.1) is 6.92 Å². The lowest BCUT2D eigenvalue weighted by Gasteiger charge is -2.15. The molecule has 1 aliphatic carbocycles. The molecule has 5 heteroatoms. The van der Waals surface area contributed by atoms with Gasteiger partial charge in [0, 0.05) is 17.7 Å². The highest BCUT2D eigenvalue weighted by Gasteiger charge is 2.23.